The molecule has 1 aromatic carbocycles. The molecule has 0 saturated heterocycles. The lowest BCUT2D eigenvalue weighted by molar-refractivity contribution is 0.567. The van der Waals surface area contributed by atoms with Crippen molar-refractivity contribution in [1.82, 2.24) is 19.9 Å². The van der Waals surface area contributed by atoms with Gasteiger partial charge in [-0.3, -0.25) is 0 Å². The zero-order valence-electron chi connectivity index (χ0n) is 20.0. The number of rotatable bonds is 7. The highest BCUT2D eigenvalue weighted by molar-refractivity contribution is 5.97. The number of nitrogens with zero attached hydrogens (tertiary/aromatic N) is 5. The number of fused-ring (bicyclic) bond motifs is 1. The molecule has 0 saturated carbocycles. The second kappa shape index (κ2) is 12.3. The van der Waals surface area contributed by atoms with Crippen LogP contribution in [0.4, 0.5) is 14.6 Å². The molecule has 0 aliphatic rings. The Balaban J connectivity index is 0.00000199. The van der Waals surface area contributed by atoms with E-state index in [1.54, 1.807) is 36.0 Å². The van der Waals surface area contributed by atoms with Gasteiger partial charge in [-0.1, -0.05) is 32.4 Å². The molecule has 0 radical (unpaired) electrons. The third kappa shape index (κ3) is 6.25. The van der Waals surface area contributed by atoms with Crippen molar-refractivity contribution in [2.75, 3.05) is 5.73 Å². The molecule has 178 valence electrons. The topological polar surface area (TPSA) is 104 Å². The summed E-state index contributed by atoms with van der Waals surface area (Å²) in [5.74, 6) is -0.701. The summed E-state index contributed by atoms with van der Waals surface area (Å²) in [6.07, 6.45) is 5.86. The van der Waals surface area contributed by atoms with Gasteiger partial charge < -0.3 is 11.1 Å². The lowest BCUT2D eigenvalue weighted by atomic mass is 10.00. The van der Waals surface area contributed by atoms with Gasteiger partial charge in [-0.15, -0.1) is 5.10 Å². The normalized spacial score (nSPS) is 12.5. The van der Waals surface area contributed by atoms with E-state index in [4.69, 9.17) is 5.73 Å². The third-order valence-electron chi connectivity index (χ3n) is 4.89. The van der Waals surface area contributed by atoms with Crippen LogP contribution in [0.2, 0.25) is 0 Å². The van der Waals surface area contributed by atoms with Gasteiger partial charge in [0.15, 0.2) is 11.5 Å². The molecule has 0 spiro atoms. The highest BCUT2D eigenvalue weighted by Crippen LogP contribution is 2.30. The standard InChI is InChI=1S/C23H23F2N7.C2H6/c1-4-14(2)18(21-22(27)31-32-9-5-8-28-23(21)32)11-20(30-15(3)12-26)29-13-16-6-7-17(24)10-19(16)25;1-2/h5-11,29H,4,13H2,1-3H3,(H2,27,31);1-2H3/b18-14-,20-11-,30-15+;. The van der Waals surface area contributed by atoms with Crippen molar-refractivity contribution in [1.29, 1.82) is 5.26 Å². The fourth-order valence-corrected chi connectivity index (χ4v) is 3.08. The van der Waals surface area contributed by atoms with Crippen LogP contribution in [0, 0.1) is 23.0 Å². The van der Waals surface area contributed by atoms with Crippen LogP contribution in [0.1, 0.15) is 52.2 Å². The molecule has 0 bridgehead atoms. The second-order valence-corrected chi connectivity index (χ2v) is 7.12. The molecule has 7 nitrogen and oxygen atoms in total. The Morgan fingerprint density at radius 2 is 2.03 bits per heavy atom. The van der Waals surface area contributed by atoms with Crippen LogP contribution in [0.3, 0.4) is 0 Å². The summed E-state index contributed by atoms with van der Waals surface area (Å²) in [5.41, 5.74) is 9.65. The van der Waals surface area contributed by atoms with Crippen LogP contribution in [0.15, 0.2) is 59.1 Å². The van der Waals surface area contributed by atoms with Crippen molar-refractivity contribution in [3.05, 3.63) is 76.9 Å². The van der Waals surface area contributed by atoms with Gasteiger partial charge in [-0.05, 0) is 44.1 Å². The van der Waals surface area contributed by atoms with Gasteiger partial charge in [0.25, 0.3) is 0 Å². The summed E-state index contributed by atoms with van der Waals surface area (Å²) in [6, 6.07) is 7.10. The number of nitrogens with one attached hydrogen (secondary N) is 1. The van der Waals surface area contributed by atoms with Crippen molar-refractivity contribution >= 4 is 22.7 Å². The molecular weight excluding hydrogens is 436 g/mol. The predicted molar refractivity (Wildman–Crippen MR) is 132 cm³/mol. The SMILES string of the molecule is CC.CC/C(C)=C(/C=C(\N=C(/C)C#N)NCc1ccc(F)cc1F)c1c(N)nn2cccnc12. The Hall–Kier alpha value is -4.06. The summed E-state index contributed by atoms with van der Waals surface area (Å²) < 4.78 is 28.9. The van der Waals surface area contributed by atoms with Crippen LogP contribution in [0.5, 0.6) is 0 Å². The molecule has 0 unspecified atom stereocenters. The van der Waals surface area contributed by atoms with Crippen LogP contribution in [-0.4, -0.2) is 20.3 Å². The number of nitrogens with two attached hydrogens (primary N) is 1. The number of aromatic nitrogens is 3. The maximum absolute atomic E-state index is 14.1. The zero-order chi connectivity index (χ0) is 25.3. The van der Waals surface area contributed by atoms with E-state index in [-0.39, 0.29) is 17.8 Å². The highest BCUT2D eigenvalue weighted by Gasteiger charge is 2.17. The summed E-state index contributed by atoms with van der Waals surface area (Å²) >= 11 is 0. The van der Waals surface area contributed by atoms with Gasteiger partial charge in [0, 0.05) is 30.6 Å². The molecule has 0 fully saturated rings. The largest absolute Gasteiger partial charge is 0.382 e. The third-order valence-corrected chi connectivity index (χ3v) is 4.89. The van der Waals surface area contributed by atoms with Gasteiger partial charge in [-0.25, -0.2) is 23.3 Å². The Kier molecular flexibility index (Phi) is 9.44. The van der Waals surface area contributed by atoms with E-state index in [2.05, 4.69) is 20.4 Å². The molecule has 3 rings (SSSR count). The Morgan fingerprint density at radius 1 is 1.29 bits per heavy atom. The van der Waals surface area contributed by atoms with Gasteiger partial charge in [-0.2, -0.15) is 5.26 Å². The van der Waals surface area contributed by atoms with E-state index in [1.807, 2.05) is 33.8 Å². The minimum Gasteiger partial charge on any atom is -0.382 e. The second-order valence-electron chi connectivity index (χ2n) is 7.12. The van der Waals surface area contributed by atoms with E-state index in [0.717, 1.165) is 23.6 Å². The van der Waals surface area contributed by atoms with E-state index >= 15 is 0 Å². The number of benzene rings is 1. The molecule has 0 atom stereocenters. The Bertz CT molecular complexity index is 1280. The molecule has 0 aliphatic carbocycles. The van der Waals surface area contributed by atoms with E-state index in [0.29, 0.717) is 22.8 Å². The summed E-state index contributed by atoms with van der Waals surface area (Å²) in [7, 11) is 0. The molecule has 2 aromatic heterocycles. The number of aliphatic imine (C=N–C) groups is 1. The molecule has 34 heavy (non-hydrogen) atoms. The minimum absolute atomic E-state index is 0.0428. The smallest absolute Gasteiger partial charge is 0.165 e. The van der Waals surface area contributed by atoms with Crippen LogP contribution in [-0.2, 0) is 6.54 Å². The number of hydrogen-bond acceptors (Lipinski definition) is 6. The summed E-state index contributed by atoms with van der Waals surface area (Å²) in [6.45, 7) is 9.57. The number of halogens is 2. The van der Waals surface area contributed by atoms with Crippen molar-refractivity contribution in [2.45, 2.75) is 47.6 Å². The molecule has 0 aliphatic heterocycles. The Morgan fingerprint density at radius 3 is 2.68 bits per heavy atom. The Labute approximate surface area is 198 Å². The average Bonchev–Trinajstić information content (AvgIpc) is 3.17. The maximum atomic E-state index is 14.1. The quantitative estimate of drug-likeness (QED) is 0.358. The van der Waals surface area contributed by atoms with Crippen molar-refractivity contribution in [2.24, 2.45) is 4.99 Å². The minimum atomic E-state index is -0.672. The first-order valence-electron chi connectivity index (χ1n) is 11.0. The van der Waals surface area contributed by atoms with Crippen molar-refractivity contribution in [3.8, 4) is 6.07 Å². The highest BCUT2D eigenvalue weighted by atomic mass is 19.1. The summed E-state index contributed by atoms with van der Waals surface area (Å²) in [4.78, 5) is 8.72. The fraction of sp³-hybridized carbons (Fsp3) is 0.280. The summed E-state index contributed by atoms with van der Waals surface area (Å²) in [5, 5.41) is 16.6. The molecular formula is C25H29F2N7. The average molecular weight is 466 g/mol. The van der Waals surface area contributed by atoms with Gasteiger partial charge >= 0.3 is 0 Å². The molecule has 3 N–H and O–H groups in total. The number of hydrogen-bond donors (Lipinski definition) is 2. The molecule has 9 heteroatoms. The first-order valence-corrected chi connectivity index (χ1v) is 11.0. The van der Waals surface area contributed by atoms with Gasteiger partial charge in [0.05, 0.1) is 5.56 Å². The first kappa shape index (κ1) is 26.2. The van der Waals surface area contributed by atoms with Crippen molar-refractivity contribution in [3.63, 3.8) is 0 Å². The van der Waals surface area contributed by atoms with Crippen molar-refractivity contribution < 1.29 is 8.78 Å². The molecule has 2 heterocycles. The van der Waals surface area contributed by atoms with Crippen LogP contribution >= 0.6 is 0 Å². The number of anilines is 1. The first-order chi connectivity index (χ1) is 16.3. The number of nitriles is 1. The predicted octanol–water partition coefficient (Wildman–Crippen LogP) is 5.42. The monoisotopic (exact) mass is 465 g/mol. The lowest BCUT2D eigenvalue weighted by Crippen LogP contribution is -2.14. The molecule has 0 amide bonds. The maximum Gasteiger partial charge on any atom is 0.165 e. The van der Waals surface area contributed by atoms with E-state index < -0.39 is 11.6 Å². The van der Waals surface area contributed by atoms with E-state index in [1.165, 1.54) is 12.1 Å². The molecule has 3 aromatic rings. The van der Waals surface area contributed by atoms with Crippen LogP contribution in [0.25, 0.3) is 11.2 Å². The number of nitrogen functional groups attached to an aromatic ring is 1. The lowest BCUT2D eigenvalue weighted by Gasteiger charge is -2.12. The number of allylic oxidation sites excluding steroid dienone is 3. The van der Waals surface area contributed by atoms with Gasteiger partial charge in [0.2, 0.25) is 0 Å². The fourth-order valence-electron chi connectivity index (χ4n) is 3.08. The van der Waals surface area contributed by atoms with E-state index in [9.17, 15) is 14.0 Å². The van der Waals surface area contributed by atoms with Gasteiger partial charge in [0.1, 0.15) is 29.2 Å². The van der Waals surface area contributed by atoms with Crippen LogP contribution < -0.4 is 11.1 Å². The zero-order valence-corrected chi connectivity index (χ0v) is 20.0.